The topological polar surface area (TPSA) is 55.1 Å². The molecule has 92 valence electrons. The summed E-state index contributed by atoms with van der Waals surface area (Å²) in [6, 6.07) is 11.6. The Morgan fingerprint density at radius 1 is 1.06 bits per heavy atom. The van der Waals surface area contributed by atoms with Crippen molar-refractivity contribution in [2.24, 2.45) is 0 Å². The second kappa shape index (κ2) is 5.29. The average Bonchev–Trinajstić information content (AvgIpc) is 2.28. The van der Waals surface area contributed by atoms with Gasteiger partial charge in [0.2, 0.25) is 0 Å². The van der Waals surface area contributed by atoms with Gasteiger partial charge in [-0.1, -0.05) is 29.3 Å². The SMILES string of the molecule is Nc1cc(Cl)ccc1C(=O)Nc1cccc(Cl)c1. The predicted octanol–water partition coefficient (Wildman–Crippen LogP) is 3.83. The van der Waals surface area contributed by atoms with Crippen LogP contribution in [-0.4, -0.2) is 5.91 Å². The zero-order valence-electron chi connectivity index (χ0n) is 9.28. The maximum Gasteiger partial charge on any atom is 0.257 e. The Morgan fingerprint density at radius 2 is 1.78 bits per heavy atom. The van der Waals surface area contributed by atoms with Gasteiger partial charge in [-0.05, 0) is 36.4 Å². The number of benzene rings is 2. The molecule has 0 bridgehead atoms. The van der Waals surface area contributed by atoms with Crippen LogP contribution in [0.4, 0.5) is 11.4 Å². The molecule has 5 heteroatoms. The van der Waals surface area contributed by atoms with E-state index in [1.165, 1.54) is 6.07 Å². The van der Waals surface area contributed by atoms with Crippen LogP contribution in [0.5, 0.6) is 0 Å². The van der Waals surface area contributed by atoms with Crippen LogP contribution in [0.3, 0.4) is 0 Å². The van der Waals surface area contributed by atoms with Crippen molar-refractivity contribution < 1.29 is 4.79 Å². The molecule has 0 radical (unpaired) electrons. The lowest BCUT2D eigenvalue weighted by atomic mass is 10.1. The molecule has 0 heterocycles. The molecular weight excluding hydrogens is 271 g/mol. The molecule has 3 N–H and O–H groups in total. The zero-order valence-corrected chi connectivity index (χ0v) is 10.8. The van der Waals surface area contributed by atoms with Gasteiger partial charge in [-0.15, -0.1) is 0 Å². The van der Waals surface area contributed by atoms with Gasteiger partial charge in [-0.2, -0.15) is 0 Å². The summed E-state index contributed by atoms with van der Waals surface area (Å²) in [6.45, 7) is 0. The van der Waals surface area contributed by atoms with Gasteiger partial charge in [0, 0.05) is 21.4 Å². The number of amides is 1. The molecule has 2 rings (SSSR count). The van der Waals surface area contributed by atoms with Gasteiger partial charge >= 0.3 is 0 Å². The fraction of sp³-hybridized carbons (Fsp3) is 0. The number of carbonyl (C=O) groups excluding carboxylic acids is 1. The third-order valence-corrected chi connectivity index (χ3v) is 2.81. The van der Waals surface area contributed by atoms with E-state index in [0.717, 1.165) is 0 Å². The van der Waals surface area contributed by atoms with Crippen molar-refractivity contribution in [3.63, 3.8) is 0 Å². The summed E-state index contributed by atoms with van der Waals surface area (Å²) < 4.78 is 0. The quantitative estimate of drug-likeness (QED) is 0.822. The molecule has 0 aromatic heterocycles. The van der Waals surface area contributed by atoms with Crippen LogP contribution in [0.25, 0.3) is 0 Å². The fourth-order valence-electron chi connectivity index (χ4n) is 1.51. The Labute approximate surface area is 115 Å². The number of nitrogen functional groups attached to an aromatic ring is 1. The van der Waals surface area contributed by atoms with Gasteiger partial charge < -0.3 is 11.1 Å². The second-order valence-corrected chi connectivity index (χ2v) is 4.57. The van der Waals surface area contributed by atoms with Gasteiger partial charge in [-0.25, -0.2) is 0 Å². The van der Waals surface area contributed by atoms with Crippen LogP contribution in [-0.2, 0) is 0 Å². The maximum atomic E-state index is 12.0. The molecule has 2 aromatic carbocycles. The van der Waals surface area contributed by atoms with Gasteiger partial charge in [0.15, 0.2) is 0 Å². The standard InChI is InChI=1S/C13H10Cl2N2O/c14-8-2-1-3-10(6-8)17-13(18)11-5-4-9(15)7-12(11)16/h1-7H,16H2,(H,17,18). The molecule has 0 aliphatic rings. The Balaban J connectivity index is 2.22. The first-order chi connectivity index (χ1) is 8.56. The molecule has 18 heavy (non-hydrogen) atoms. The van der Waals surface area contributed by atoms with Crippen LogP contribution in [0.15, 0.2) is 42.5 Å². The van der Waals surface area contributed by atoms with E-state index in [1.807, 2.05) is 0 Å². The minimum atomic E-state index is -0.300. The van der Waals surface area contributed by atoms with Crippen molar-refractivity contribution in [3.8, 4) is 0 Å². The van der Waals surface area contributed by atoms with E-state index in [-0.39, 0.29) is 5.91 Å². The molecule has 0 fully saturated rings. The third kappa shape index (κ3) is 2.94. The molecule has 1 amide bonds. The second-order valence-electron chi connectivity index (χ2n) is 3.70. The van der Waals surface area contributed by atoms with Crippen molar-refractivity contribution in [3.05, 3.63) is 58.1 Å². The smallest absolute Gasteiger partial charge is 0.257 e. The molecule has 0 spiro atoms. The van der Waals surface area contributed by atoms with Crippen molar-refractivity contribution in [1.82, 2.24) is 0 Å². The van der Waals surface area contributed by atoms with Crippen LogP contribution < -0.4 is 11.1 Å². The van der Waals surface area contributed by atoms with Crippen LogP contribution in [0, 0.1) is 0 Å². The number of rotatable bonds is 2. The summed E-state index contributed by atoms with van der Waals surface area (Å²) >= 11 is 11.6. The lowest BCUT2D eigenvalue weighted by Crippen LogP contribution is -2.13. The molecular formula is C13H10Cl2N2O. The van der Waals surface area contributed by atoms with E-state index in [4.69, 9.17) is 28.9 Å². The van der Waals surface area contributed by atoms with E-state index in [2.05, 4.69) is 5.32 Å². The van der Waals surface area contributed by atoms with Gasteiger partial charge in [0.1, 0.15) is 0 Å². The molecule has 0 saturated carbocycles. The van der Waals surface area contributed by atoms with Gasteiger partial charge in [0.05, 0.1) is 5.56 Å². The molecule has 3 nitrogen and oxygen atoms in total. The first kappa shape index (κ1) is 12.7. The molecule has 0 atom stereocenters. The summed E-state index contributed by atoms with van der Waals surface area (Å²) in [5.74, 6) is -0.300. The largest absolute Gasteiger partial charge is 0.398 e. The molecule has 0 unspecified atom stereocenters. The van der Waals surface area contributed by atoms with Crippen LogP contribution in [0.2, 0.25) is 10.0 Å². The first-order valence-electron chi connectivity index (χ1n) is 5.18. The van der Waals surface area contributed by atoms with Gasteiger partial charge in [0.25, 0.3) is 5.91 Å². The number of halogens is 2. The number of carbonyl (C=O) groups is 1. The molecule has 0 saturated heterocycles. The molecule has 0 aliphatic heterocycles. The number of nitrogens with one attached hydrogen (secondary N) is 1. The van der Waals surface area contributed by atoms with Crippen molar-refractivity contribution >= 4 is 40.5 Å². The van der Waals surface area contributed by atoms with Crippen molar-refractivity contribution in [2.45, 2.75) is 0 Å². The maximum absolute atomic E-state index is 12.0. The van der Waals surface area contributed by atoms with Crippen molar-refractivity contribution in [2.75, 3.05) is 11.1 Å². The molecule has 0 aliphatic carbocycles. The lowest BCUT2D eigenvalue weighted by Gasteiger charge is -2.08. The first-order valence-corrected chi connectivity index (χ1v) is 5.94. The van der Waals surface area contributed by atoms with Gasteiger partial charge in [-0.3, -0.25) is 4.79 Å². The van der Waals surface area contributed by atoms with E-state index in [1.54, 1.807) is 36.4 Å². The minimum Gasteiger partial charge on any atom is -0.398 e. The highest BCUT2D eigenvalue weighted by atomic mass is 35.5. The number of hydrogen-bond donors (Lipinski definition) is 2. The minimum absolute atomic E-state index is 0.300. The Kier molecular flexibility index (Phi) is 3.75. The highest BCUT2D eigenvalue weighted by Gasteiger charge is 2.10. The number of hydrogen-bond acceptors (Lipinski definition) is 2. The normalized spacial score (nSPS) is 10.1. The summed E-state index contributed by atoms with van der Waals surface area (Å²) in [5.41, 5.74) is 7.06. The Morgan fingerprint density at radius 3 is 2.44 bits per heavy atom. The zero-order chi connectivity index (χ0) is 13.1. The monoisotopic (exact) mass is 280 g/mol. The summed E-state index contributed by atoms with van der Waals surface area (Å²) in [4.78, 5) is 12.0. The highest BCUT2D eigenvalue weighted by Crippen LogP contribution is 2.20. The Hall–Kier alpha value is -1.71. The fourth-order valence-corrected chi connectivity index (χ4v) is 1.88. The summed E-state index contributed by atoms with van der Waals surface area (Å²) in [7, 11) is 0. The lowest BCUT2D eigenvalue weighted by molar-refractivity contribution is 0.102. The van der Waals surface area contributed by atoms with Crippen LogP contribution >= 0.6 is 23.2 Å². The molecule has 2 aromatic rings. The number of nitrogens with two attached hydrogens (primary N) is 1. The van der Waals surface area contributed by atoms with E-state index < -0.39 is 0 Å². The van der Waals surface area contributed by atoms with E-state index in [9.17, 15) is 4.79 Å². The van der Waals surface area contributed by atoms with E-state index in [0.29, 0.717) is 27.0 Å². The number of anilines is 2. The van der Waals surface area contributed by atoms with E-state index >= 15 is 0 Å². The highest BCUT2D eigenvalue weighted by molar-refractivity contribution is 6.31. The third-order valence-electron chi connectivity index (χ3n) is 2.34. The summed E-state index contributed by atoms with van der Waals surface area (Å²) in [5, 5.41) is 3.76. The van der Waals surface area contributed by atoms with Crippen LogP contribution in [0.1, 0.15) is 10.4 Å². The predicted molar refractivity (Wildman–Crippen MR) is 75.3 cm³/mol. The summed E-state index contributed by atoms with van der Waals surface area (Å²) in [6.07, 6.45) is 0. The van der Waals surface area contributed by atoms with Crippen molar-refractivity contribution in [1.29, 1.82) is 0 Å². The Bertz CT molecular complexity index is 599. The average molecular weight is 281 g/mol.